The molecule has 0 unspecified atom stereocenters. The van der Waals surface area contributed by atoms with Gasteiger partial charge in [-0.05, 0) is 28.9 Å². The van der Waals surface area contributed by atoms with E-state index in [-0.39, 0.29) is 0 Å². The topological polar surface area (TPSA) is 63.3 Å². The summed E-state index contributed by atoms with van der Waals surface area (Å²) in [6.07, 6.45) is 4.71. The van der Waals surface area contributed by atoms with Crippen molar-refractivity contribution in [2.75, 3.05) is 20.1 Å². The van der Waals surface area contributed by atoms with Crippen molar-refractivity contribution < 1.29 is 0 Å². The smallest absolute Gasteiger partial charge is 0.194 e. The Morgan fingerprint density at radius 3 is 2.83 bits per heavy atom. The number of aromatic nitrogens is 4. The van der Waals surface area contributed by atoms with Gasteiger partial charge in [0.25, 0.3) is 0 Å². The molecule has 0 spiro atoms. The van der Waals surface area contributed by atoms with E-state index >= 15 is 0 Å². The van der Waals surface area contributed by atoms with Gasteiger partial charge in [-0.2, -0.15) is 0 Å². The number of aliphatic imine (C=N–C) groups is 1. The summed E-state index contributed by atoms with van der Waals surface area (Å²) >= 11 is 3.52. The van der Waals surface area contributed by atoms with E-state index in [4.69, 9.17) is 4.99 Å². The van der Waals surface area contributed by atoms with Crippen LogP contribution in [0.4, 0.5) is 0 Å². The minimum Gasteiger partial charge on any atom is -0.357 e. The van der Waals surface area contributed by atoms with Crippen LogP contribution in [0.3, 0.4) is 0 Å². The van der Waals surface area contributed by atoms with Crippen molar-refractivity contribution >= 4 is 21.9 Å². The molecular formula is C16H26BrN7. The maximum atomic E-state index is 4.73. The third-order valence-electron chi connectivity index (χ3n) is 3.78. The quantitative estimate of drug-likeness (QED) is 0.575. The molecule has 132 valence electrons. The third-order valence-corrected chi connectivity index (χ3v) is 4.22. The zero-order chi connectivity index (χ0) is 17.5. The predicted octanol–water partition coefficient (Wildman–Crippen LogP) is 2.04. The van der Waals surface area contributed by atoms with E-state index in [2.05, 4.69) is 85.7 Å². The highest BCUT2D eigenvalue weighted by molar-refractivity contribution is 9.10. The number of guanidine groups is 1. The normalized spacial score (nSPS) is 11.8. The molecule has 0 saturated heterocycles. The summed E-state index contributed by atoms with van der Waals surface area (Å²) in [5, 5.41) is 11.4. The van der Waals surface area contributed by atoms with Crippen LogP contribution in [0.5, 0.6) is 0 Å². The van der Waals surface area contributed by atoms with Crippen molar-refractivity contribution in [3.63, 3.8) is 0 Å². The van der Waals surface area contributed by atoms with E-state index in [0.29, 0.717) is 6.54 Å². The highest BCUT2D eigenvalue weighted by Crippen LogP contribution is 2.14. The number of hydrogen-bond donors (Lipinski definition) is 1. The van der Waals surface area contributed by atoms with Gasteiger partial charge in [-0.1, -0.05) is 6.92 Å². The van der Waals surface area contributed by atoms with E-state index in [1.165, 1.54) is 5.69 Å². The van der Waals surface area contributed by atoms with Crippen LogP contribution in [0.25, 0.3) is 0 Å². The third kappa shape index (κ3) is 4.83. The van der Waals surface area contributed by atoms with Gasteiger partial charge in [-0.3, -0.25) is 4.99 Å². The maximum Gasteiger partial charge on any atom is 0.194 e. The van der Waals surface area contributed by atoms with Crippen molar-refractivity contribution in [1.82, 2.24) is 29.5 Å². The average Bonchev–Trinajstić information content (AvgIpc) is 3.12. The zero-order valence-electron chi connectivity index (χ0n) is 14.8. The molecule has 2 aromatic heterocycles. The van der Waals surface area contributed by atoms with Gasteiger partial charge in [0.15, 0.2) is 5.96 Å². The lowest BCUT2D eigenvalue weighted by Gasteiger charge is -2.22. The molecule has 0 amide bonds. The Morgan fingerprint density at radius 1 is 1.42 bits per heavy atom. The summed E-state index contributed by atoms with van der Waals surface area (Å²) in [4.78, 5) is 6.87. The van der Waals surface area contributed by atoms with Gasteiger partial charge in [0, 0.05) is 50.0 Å². The lowest BCUT2D eigenvalue weighted by molar-refractivity contribution is 0.461. The SMILES string of the molecule is CCNC(=NCCn1cnnc1CC)N(C)Cc1cc(Br)cn1C. The fourth-order valence-corrected chi connectivity index (χ4v) is 3.09. The molecule has 0 fully saturated rings. The minimum atomic E-state index is 0.689. The monoisotopic (exact) mass is 395 g/mol. The molecule has 0 saturated carbocycles. The molecule has 0 aliphatic heterocycles. The molecule has 0 atom stereocenters. The Balaban J connectivity index is 2.00. The Bertz CT molecular complexity index is 674. The number of aryl methyl sites for hydroxylation is 2. The number of nitrogens with one attached hydrogen (secondary N) is 1. The number of hydrogen-bond acceptors (Lipinski definition) is 3. The van der Waals surface area contributed by atoms with Crippen molar-refractivity contribution in [2.45, 2.75) is 33.4 Å². The standard InChI is InChI=1S/C16H26BrN7/c1-5-15-21-20-12-24(15)8-7-19-16(18-6-2)23(4)11-14-9-13(17)10-22(14)3/h9-10,12H,5-8,11H2,1-4H3,(H,18,19). The summed E-state index contributed by atoms with van der Waals surface area (Å²) in [5.74, 6) is 1.90. The molecule has 0 aliphatic rings. The molecule has 0 bridgehead atoms. The van der Waals surface area contributed by atoms with Gasteiger partial charge in [0.05, 0.1) is 13.1 Å². The molecule has 8 heteroatoms. The first-order valence-electron chi connectivity index (χ1n) is 8.22. The zero-order valence-corrected chi connectivity index (χ0v) is 16.4. The molecule has 2 rings (SSSR count). The van der Waals surface area contributed by atoms with Gasteiger partial charge in [0.2, 0.25) is 0 Å². The second kappa shape index (κ2) is 8.86. The van der Waals surface area contributed by atoms with Crippen LogP contribution in [0.1, 0.15) is 25.4 Å². The van der Waals surface area contributed by atoms with E-state index in [1.807, 2.05) is 0 Å². The summed E-state index contributed by atoms with van der Waals surface area (Å²) in [7, 11) is 4.11. The largest absolute Gasteiger partial charge is 0.357 e. The highest BCUT2D eigenvalue weighted by Gasteiger charge is 2.09. The average molecular weight is 396 g/mol. The van der Waals surface area contributed by atoms with Gasteiger partial charge >= 0.3 is 0 Å². The first-order chi connectivity index (χ1) is 11.5. The molecule has 2 heterocycles. The molecule has 0 aromatic carbocycles. The molecule has 1 N–H and O–H groups in total. The molecule has 7 nitrogen and oxygen atoms in total. The van der Waals surface area contributed by atoms with Gasteiger partial charge in [0.1, 0.15) is 12.2 Å². The molecule has 24 heavy (non-hydrogen) atoms. The summed E-state index contributed by atoms with van der Waals surface area (Å²) in [5.41, 5.74) is 1.22. The van der Waals surface area contributed by atoms with E-state index in [0.717, 1.165) is 42.3 Å². The van der Waals surface area contributed by atoms with Crippen LogP contribution >= 0.6 is 15.9 Å². The first-order valence-corrected chi connectivity index (χ1v) is 9.01. The highest BCUT2D eigenvalue weighted by atomic mass is 79.9. The second-order valence-corrected chi connectivity index (χ2v) is 6.56. The summed E-state index contributed by atoms with van der Waals surface area (Å²) < 4.78 is 5.27. The lowest BCUT2D eigenvalue weighted by Crippen LogP contribution is -2.39. The lowest BCUT2D eigenvalue weighted by atomic mass is 10.4. The van der Waals surface area contributed by atoms with Crippen molar-refractivity contribution in [1.29, 1.82) is 0 Å². The summed E-state index contributed by atoms with van der Waals surface area (Å²) in [6, 6.07) is 2.13. The number of rotatable bonds is 7. The molecule has 2 aromatic rings. The fourth-order valence-electron chi connectivity index (χ4n) is 2.51. The Morgan fingerprint density at radius 2 is 2.21 bits per heavy atom. The second-order valence-electron chi connectivity index (χ2n) is 5.65. The maximum absolute atomic E-state index is 4.73. The Hall–Kier alpha value is -1.83. The van der Waals surface area contributed by atoms with Gasteiger partial charge in [-0.15, -0.1) is 10.2 Å². The van der Waals surface area contributed by atoms with Gasteiger partial charge < -0.3 is 19.4 Å². The van der Waals surface area contributed by atoms with Crippen LogP contribution in [-0.2, 0) is 26.6 Å². The molecule has 0 radical (unpaired) electrons. The van der Waals surface area contributed by atoms with Crippen LogP contribution < -0.4 is 5.32 Å². The van der Waals surface area contributed by atoms with Crippen LogP contribution in [0.15, 0.2) is 28.1 Å². The molecule has 0 aliphatic carbocycles. The Labute approximate surface area is 151 Å². The van der Waals surface area contributed by atoms with E-state index < -0.39 is 0 Å². The van der Waals surface area contributed by atoms with E-state index in [9.17, 15) is 0 Å². The van der Waals surface area contributed by atoms with Gasteiger partial charge in [-0.25, -0.2) is 0 Å². The fraction of sp³-hybridized carbons (Fsp3) is 0.562. The van der Waals surface area contributed by atoms with Crippen molar-refractivity contribution in [3.05, 3.63) is 34.6 Å². The predicted molar refractivity (Wildman–Crippen MR) is 100.0 cm³/mol. The van der Waals surface area contributed by atoms with Crippen molar-refractivity contribution in [2.24, 2.45) is 12.0 Å². The minimum absolute atomic E-state index is 0.689. The number of halogens is 1. The number of nitrogens with zero attached hydrogens (tertiary/aromatic N) is 6. The van der Waals surface area contributed by atoms with Crippen LogP contribution in [0.2, 0.25) is 0 Å². The van der Waals surface area contributed by atoms with Crippen molar-refractivity contribution in [3.8, 4) is 0 Å². The molecular weight excluding hydrogens is 370 g/mol. The first kappa shape index (κ1) is 18.5. The van der Waals surface area contributed by atoms with Crippen LogP contribution in [-0.4, -0.2) is 50.3 Å². The summed E-state index contributed by atoms with van der Waals surface area (Å²) in [6.45, 7) is 7.27. The Kier molecular flexibility index (Phi) is 6.84. The van der Waals surface area contributed by atoms with Crippen LogP contribution in [0, 0.1) is 0 Å². The van der Waals surface area contributed by atoms with E-state index in [1.54, 1.807) is 6.33 Å².